The Morgan fingerprint density at radius 1 is 1.25 bits per heavy atom. The maximum Gasteiger partial charge on any atom is 0.262 e. The van der Waals surface area contributed by atoms with Crippen LogP contribution in [-0.2, 0) is 4.79 Å². The lowest BCUT2D eigenvalue weighted by molar-refractivity contribution is -0.118. The largest absolute Gasteiger partial charge is 0.484 e. The lowest BCUT2D eigenvalue weighted by Crippen LogP contribution is -2.20. The van der Waals surface area contributed by atoms with E-state index in [1.165, 1.54) is 24.3 Å². The van der Waals surface area contributed by atoms with E-state index in [9.17, 15) is 9.18 Å². The number of amides is 1. The average molecular weight is 294 g/mol. The fourth-order valence-electron chi connectivity index (χ4n) is 1.61. The summed E-state index contributed by atoms with van der Waals surface area (Å²) in [6.07, 6.45) is 0. The minimum absolute atomic E-state index is 0.155. The number of carbonyl (C=O) groups is 1. The maximum absolute atomic E-state index is 12.7. The highest BCUT2D eigenvalue weighted by Crippen LogP contribution is 2.22. The summed E-state index contributed by atoms with van der Waals surface area (Å²) >= 11 is 5.97. The number of halogens is 2. The summed E-state index contributed by atoms with van der Waals surface area (Å²) < 4.78 is 18.0. The summed E-state index contributed by atoms with van der Waals surface area (Å²) in [5.74, 6) is -0.222. The van der Waals surface area contributed by atoms with Crippen LogP contribution in [0.4, 0.5) is 10.1 Å². The predicted octanol–water partition coefficient (Wildman–Crippen LogP) is 3.81. The van der Waals surface area contributed by atoms with Gasteiger partial charge in [0.1, 0.15) is 11.6 Å². The van der Waals surface area contributed by atoms with Gasteiger partial charge in [0, 0.05) is 10.7 Å². The molecule has 1 amide bonds. The van der Waals surface area contributed by atoms with Gasteiger partial charge in [0.2, 0.25) is 0 Å². The highest BCUT2D eigenvalue weighted by atomic mass is 35.5. The van der Waals surface area contributed by atoms with E-state index >= 15 is 0 Å². The molecule has 0 aliphatic rings. The number of hydrogen-bond acceptors (Lipinski definition) is 2. The van der Waals surface area contributed by atoms with Crippen LogP contribution in [0.1, 0.15) is 5.56 Å². The quantitative estimate of drug-likeness (QED) is 0.931. The van der Waals surface area contributed by atoms with Crippen molar-refractivity contribution < 1.29 is 13.9 Å². The summed E-state index contributed by atoms with van der Waals surface area (Å²) in [6, 6.07) is 10.7. The highest BCUT2D eigenvalue weighted by molar-refractivity contribution is 6.31. The molecule has 0 spiro atoms. The fraction of sp³-hybridized carbons (Fsp3) is 0.133. The Labute approximate surface area is 121 Å². The Kier molecular flexibility index (Phi) is 4.58. The molecule has 0 fully saturated rings. The summed E-state index contributed by atoms with van der Waals surface area (Å²) in [4.78, 5) is 11.8. The Morgan fingerprint density at radius 3 is 2.65 bits per heavy atom. The van der Waals surface area contributed by atoms with Gasteiger partial charge in [-0.3, -0.25) is 4.79 Å². The Bertz CT molecular complexity index is 614. The molecule has 0 aromatic heterocycles. The Morgan fingerprint density at radius 2 is 1.95 bits per heavy atom. The molecule has 2 aromatic rings. The smallest absolute Gasteiger partial charge is 0.262 e. The second-order valence-corrected chi connectivity index (χ2v) is 4.61. The second kappa shape index (κ2) is 6.39. The van der Waals surface area contributed by atoms with Crippen molar-refractivity contribution in [1.82, 2.24) is 0 Å². The highest BCUT2D eigenvalue weighted by Gasteiger charge is 2.07. The number of benzene rings is 2. The fourth-order valence-corrected chi connectivity index (χ4v) is 1.78. The van der Waals surface area contributed by atoms with Crippen molar-refractivity contribution in [3.8, 4) is 5.75 Å². The summed E-state index contributed by atoms with van der Waals surface area (Å²) in [6.45, 7) is 1.66. The van der Waals surface area contributed by atoms with Gasteiger partial charge in [-0.2, -0.15) is 0 Å². The van der Waals surface area contributed by atoms with Gasteiger partial charge in [0.25, 0.3) is 5.91 Å². The molecule has 104 valence electrons. The second-order valence-electron chi connectivity index (χ2n) is 4.20. The molecule has 0 aliphatic heterocycles. The van der Waals surface area contributed by atoms with Gasteiger partial charge in [-0.1, -0.05) is 17.7 Å². The van der Waals surface area contributed by atoms with E-state index in [2.05, 4.69) is 5.32 Å². The molecule has 2 aromatic carbocycles. The summed E-state index contributed by atoms with van der Waals surface area (Å²) in [5, 5.41) is 3.30. The van der Waals surface area contributed by atoms with Crippen LogP contribution in [0.25, 0.3) is 0 Å². The molecule has 0 radical (unpaired) electrons. The number of hydrogen-bond donors (Lipinski definition) is 1. The molecular weight excluding hydrogens is 281 g/mol. The van der Waals surface area contributed by atoms with Crippen LogP contribution in [0.15, 0.2) is 42.5 Å². The average Bonchev–Trinajstić information content (AvgIpc) is 2.43. The van der Waals surface area contributed by atoms with Gasteiger partial charge < -0.3 is 10.1 Å². The molecule has 0 aliphatic carbocycles. The molecule has 20 heavy (non-hydrogen) atoms. The van der Waals surface area contributed by atoms with Crippen molar-refractivity contribution >= 4 is 23.2 Å². The molecule has 0 heterocycles. The van der Waals surface area contributed by atoms with Gasteiger partial charge in [-0.15, -0.1) is 0 Å². The van der Waals surface area contributed by atoms with Crippen molar-refractivity contribution in [2.45, 2.75) is 6.92 Å². The normalized spacial score (nSPS) is 10.2. The number of carbonyl (C=O) groups excluding carboxylic acids is 1. The molecule has 1 N–H and O–H groups in total. The zero-order chi connectivity index (χ0) is 14.5. The molecule has 5 heteroatoms. The van der Waals surface area contributed by atoms with Crippen LogP contribution < -0.4 is 10.1 Å². The molecule has 0 saturated carbocycles. The van der Waals surface area contributed by atoms with Gasteiger partial charge in [-0.05, 0) is 48.9 Å². The minimum atomic E-state index is -0.351. The number of ether oxygens (including phenoxy) is 1. The zero-order valence-corrected chi connectivity index (χ0v) is 11.6. The van der Waals surface area contributed by atoms with Crippen molar-refractivity contribution in [3.05, 3.63) is 58.9 Å². The van der Waals surface area contributed by atoms with Gasteiger partial charge in [0.15, 0.2) is 6.61 Å². The van der Waals surface area contributed by atoms with Crippen molar-refractivity contribution in [2.24, 2.45) is 0 Å². The van der Waals surface area contributed by atoms with E-state index in [-0.39, 0.29) is 18.3 Å². The maximum atomic E-state index is 12.7. The van der Waals surface area contributed by atoms with E-state index in [0.717, 1.165) is 5.56 Å². The third kappa shape index (κ3) is 3.71. The molecule has 0 bridgehead atoms. The lowest BCUT2D eigenvalue weighted by atomic mass is 10.2. The standard InChI is InChI=1S/C15H13ClFNO2/c1-10-13(16)3-2-4-14(10)18-15(19)9-20-12-7-5-11(17)6-8-12/h2-8H,9H2,1H3,(H,18,19). The van der Waals surface area contributed by atoms with E-state index < -0.39 is 0 Å². The number of anilines is 1. The molecule has 0 unspecified atom stereocenters. The van der Waals surface area contributed by atoms with E-state index in [4.69, 9.17) is 16.3 Å². The lowest BCUT2D eigenvalue weighted by Gasteiger charge is -2.10. The van der Waals surface area contributed by atoms with Crippen LogP contribution in [0.5, 0.6) is 5.75 Å². The molecular formula is C15H13ClFNO2. The van der Waals surface area contributed by atoms with E-state index in [1.54, 1.807) is 18.2 Å². The van der Waals surface area contributed by atoms with Gasteiger partial charge in [-0.25, -0.2) is 4.39 Å². The third-order valence-electron chi connectivity index (χ3n) is 2.73. The van der Waals surface area contributed by atoms with Crippen LogP contribution >= 0.6 is 11.6 Å². The van der Waals surface area contributed by atoms with Crippen LogP contribution in [0.3, 0.4) is 0 Å². The van der Waals surface area contributed by atoms with Crippen molar-refractivity contribution in [2.75, 3.05) is 11.9 Å². The topological polar surface area (TPSA) is 38.3 Å². The molecule has 3 nitrogen and oxygen atoms in total. The van der Waals surface area contributed by atoms with E-state index in [0.29, 0.717) is 16.5 Å². The zero-order valence-electron chi connectivity index (χ0n) is 10.8. The number of nitrogens with one attached hydrogen (secondary N) is 1. The number of rotatable bonds is 4. The SMILES string of the molecule is Cc1c(Cl)cccc1NC(=O)COc1ccc(F)cc1. The van der Waals surface area contributed by atoms with Crippen LogP contribution in [0.2, 0.25) is 5.02 Å². The first kappa shape index (κ1) is 14.3. The summed E-state index contributed by atoms with van der Waals surface area (Å²) in [5.41, 5.74) is 1.44. The first-order chi connectivity index (χ1) is 9.56. The molecule has 0 saturated heterocycles. The Balaban J connectivity index is 1.92. The van der Waals surface area contributed by atoms with Crippen LogP contribution in [-0.4, -0.2) is 12.5 Å². The van der Waals surface area contributed by atoms with Gasteiger partial charge >= 0.3 is 0 Å². The Hall–Kier alpha value is -2.07. The van der Waals surface area contributed by atoms with Gasteiger partial charge in [0.05, 0.1) is 0 Å². The molecule has 0 atom stereocenters. The first-order valence-corrected chi connectivity index (χ1v) is 6.37. The van der Waals surface area contributed by atoms with Crippen molar-refractivity contribution in [1.29, 1.82) is 0 Å². The monoisotopic (exact) mass is 293 g/mol. The minimum Gasteiger partial charge on any atom is -0.484 e. The first-order valence-electron chi connectivity index (χ1n) is 5.99. The van der Waals surface area contributed by atoms with E-state index in [1.807, 2.05) is 6.92 Å². The predicted molar refractivity (Wildman–Crippen MR) is 76.7 cm³/mol. The van der Waals surface area contributed by atoms with Crippen LogP contribution in [0, 0.1) is 12.7 Å². The third-order valence-corrected chi connectivity index (χ3v) is 3.13. The van der Waals surface area contributed by atoms with Crippen molar-refractivity contribution in [3.63, 3.8) is 0 Å². The molecule has 2 rings (SSSR count). The summed E-state index contributed by atoms with van der Waals surface area (Å²) in [7, 11) is 0.